The Kier molecular flexibility index (Phi) is 5.56. The van der Waals surface area contributed by atoms with Crippen molar-refractivity contribution in [1.29, 1.82) is 0 Å². The first-order valence-corrected chi connectivity index (χ1v) is 13.5. The van der Waals surface area contributed by atoms with Crippen LogP contribution in [-0.4, -0.2) is 71.2 Å². The minimum atomic E-state index is -2.72. The molecular formula is C32H31F2N3O2. The molecule has 39 heavy (non-hydrogen) atoms. The zero-order valence-electron chi connectivity index (χ0n) is 23.4. The number of piperazine rings is 1. The van der Waals surface area contributed by atoms with E-state index in [0.717, 1.165) is 48.4 Å². The second-order valence-corrected chi connectivity index (χ2v) is 10.8. The van der Waals surface area contributed by atoms with Crippen molar-refractivity contribution in [2.45, 2.75) is 29.9 Å². The van der Waals surface area contributed by atoms with Crippen molar-refractivity contribution in [3.05, 3.63) is 107 Å². The minimum absolute atomic E-state index is 0.0216. The van der Waals surface area contributed by atoms with E-state index in [4.69, 9.17) is 7.48 Å². The number of ether oxygens (including phenoxy) is 1. The summed E-state index contributed by atoms with van der Waals surface area (Å²) in [5.74, 6) is -3.94. The van der Waals surface area contributed by atoms with Gasteiger partial charge in [-0.05, 0) is 46.5 Å². The van der Waals surface area contributed by atoms with Crippen molar-refractivity contribution >= 4 is 10.9 Å². The number of pyridine rings is 1. The first-order chi connectivity index (χ1) is 19.8. The normalized spacial score (nSPS) is 25.5. The van der Waals surface area contributed by atoms with Crippen LogP contribution in [0.15, 0.2) is 85.0 Å². The number of fused-ring (bicyclic) bond motifs is 6. The number of nitrogens with zero attached hydrogens (tertiary/aromatic N) is 3. The maximum atomic E-state index is 15.0. The molecule has 1 N–H and O–H groups in total. The molecule has 4 aromatic rings. The number of aromatic nitrogens is 1. The van der Waals surface area contributed by atoms with Crippen LogP contribution < -0.4 is 4.74 Å². The van der Waals surface area contributed by atoms with Crippen molar-refractivity contribution in [2.75, 3.05) is 39.3 Å². The van der Waals surface area contributed by atoms with Gasteiger partial charge in [0, 0.05) is 44.3 Å². The molecule has 2 aliphatic carbocycles. The van der Waals surface area contributed by atoms with Gasteiger partial charge in [-0.2, -0.15) is 0 Å². The van der Waals surface area contributed by atoms with Gasteiger partial charge in [-0.1, -0.05) is 54.6 Å². The Morgan fingerprint density at radius 2 is 1.54 bits per heavy atom. The minimum Gasteiger partial charge on any atom is -0.490 e. The molecule has 0 bridgehead atoms. The highest BCUT2D eigenvalue weighted by molar-refractivity contribution is 5.84. The standard InChI is InChI=1S/C32H31F2N3O2/c33-32(34)29-22-7-1-3-9-24(22)31(25-10-4-2-8-23(25)30(29)32)37-17-15-36(16-18-37)19-21(38)20-39-28-13-5-12-27-26(28)11-6-14-35-27/h1-14,21,29-31,38H,15-20H2/t21-,29-,30+,31?/m1/s1/i12T,13T. The molecule has 2 heterocycles. The highest BCUT2D eigenvalue weighted by Crippen LogP contribution is 2.70. The number of hydrogen-bond donors (Lipinski definition) is 1. The van der Waals surface area contributed by atoms with Crippen LogP contribution in [0.4, 0.5) is 8.78 Å². The third-order valence-electron chi connectivity index (χ3n) is 8.43. The number of alkyl halides is 2. The van der Waals surface area contributed by atoms with Gasteiger partial charge in [-0.3, -0.25) is 14.8 Å². The first-order valence-electron chi connectivity index (χ1n) is 14.5. The van der Waals surface area contributed by atoms with Crippen LogP contribution in [0.25, 0.3) is 10.9 Å². The largest absolute Gasteiger partial charge is 0.490 e. The Balaban J connectivity index is 1.04. The van der Waals surface area contributed by atoms with Crippen molar-refractivity contribution in [2.24, 2.45) is 0 Å². The van der Waals surface area contributed by atoms with E-state index in [1.165, 1.54) is 6.07 Å². The Bertz CT molecular complexity index is 1560. The lowest BCUT2D eigenvalue weighted by atomic mass is 9.90. The highest BCUT2D eigenvalue weighted by Gasteiger charge is 2.71. The molecular weight excluding hydrogens is 496 g/mol. The summed E-state index contributed by atoms with van der Waals surface area (Å²) in [6.07, 6.45) is 0.837. The Morgan fingerprint density at radius 3 is 2.21 bits per heavy atom. The fraction of sp³-hybridized carbons (Fsp3) is 0.344. The molecule has 0 spiro atoms. The van der Waals surface area contributed by atoms with Crippen LogP contribution in [0.2, 0.25) is 0 Å². The molecule has 4 atom stereocenters. The lowest BCUT2D eigenvalue weighted by Crippen LogP contribution is -2.50. The third kappa shape index (κ3) is 4.29. The second kappa shape index (κ2) is 9.66. The van der Waals surface area contributed by atoms with Crippen molar-refractivity contribution in [3.63, 3.8) is 0 Å². The molecule has 7 rings (SSSR count). The SMILES string of the molecule is [3H]c1cc([3H])c2ncccc2c1OC[C@H](O)CN1CCN(C2c3ccccc3[C@@H]3[C@H](c4ccccc42)C3(F)F)CC1. The summed E-state index contributed by atoms with van der Waals surface area (Å²) in [5, 5.41) is 11.4. The lowest BCUT2D eigenvalue weighted by Gasteiger charge is -2.41. The summed E-state index contributed by atoms with van der Waals surface area (Å²) < 4.78 is 52.2. The van der Waals surface area contributed by atoms with Gasteiger partial charge in [0.15, 0.2) is 0 Å². The third-order valence-corrected chi connectivity index (χ3v) is 8.43. The van der Waals surface area contributed by atoms with Crippen molar-refractivity contribution < 1.29 is 21.4 Å². The molecule has 1 saturated carbocycles. The Morgan fingerprint density at radius 1 is 0.897 bits per heavy atom. The average molecular weight is 532 g/mol. The van der Waals surface area contributed by atoms with Gasteiger partial charge < -0.3 is 9.84 Å². The molecule has 5 nitrogen and oxygen atoms in total. The predicted octanol–water partition coefficient (Wildman–Crippen LogP) is 5.21. The molecule has 1 saturated heterocycles. The summed E-state index contributed by atoms with van der Waals surface area (Å²) in [5.41, 5.74) is 3.92. The number of β-amino-alcohol motifs (C(OH)–C–C–N with tert-alkyl or cyclic N) is 1. The fourth-order valence-corrected chi connectivity index (χ4v) is 6.55. The topological polar surface area (TPSA) is 48.8 Å². The van der Waals surface area contributed by atoms with Crippen LogP contribution in [0.5, 0.6) is 5.75 Å². The van der Waals surface area contributed by atoms with Crippen LogP contribution in [0.1, 0.15) is 42.9 Å². The lowest BCUT2D eigenvalue weighted by molar-refractivity contribution is 0.0400. The van der Waals surface area contributed by atoms with E-state index in [-0.39, 0.29) is 24.7 Å². The average Bonchev–Trinajstić information content (AvgIpc) is 3.59. The van der Waals surface area contributed by atoms with E-state index in [1.54, 1.807) is 18.3 Å². The molecule has 3 aromatic carbocycles. The van der Waals surface area contributed by atoms with E-state index in [2.05, 4.69) is 14.8 Å². The van der Waals surface area contributed by atoms with Crippen LogP contribution >= 0.6 is 0 Å². The zero-order chi connectivity index (χ0) is 28.3. The van der Waals surface area contributed by atoms with E-state index in [9.17, 15) is 13.9 Å². The number of aliphatic hydroxyl groups is 1. The maximum Gasteiger partial charge on any atom is 0.263 e. The molecule has 1 aliphatic heterocycles. The quantitative estimate of drug-likeness (QED) is 0.370. The first kappa shape index (κ1) is 22.4. The van der Waals surface area contributed by atoms with Gasteiger partial charge in [0.25, 0.3) is 5.92 Å². The Hall–Kier alpha value is -3.39. The molecule has 2 fully saturated rings. The molecule has 1 aromatic heterocycles. The fourth-order valence-electron chi connectivity index (χ4n) is 6.55. The summed E-state index contributed by atoms with van der Waals surface area (Å²) in [6.45, 7) is 3.38. The molecule has 7 heteroatoms. The molecule has 0 radical (unpaired) electrons. The van der Waals surface area contributed by atoms with E-state index in [1.807, 2.05) is 48.5 Å². The van der Waals surface area contributed by atoms with Crippen LogP contribution in [-0.2, 0) is 0 Å². The van der Waals surface area contributed by atoms with Gasteiger partial charge >= 0.3 is 0 Å². The smallest absolute Gasteiger partial charge is 0.263 e. The van der Waals surface area contributed by atoms with Gasteiger partial charge in [0.1, 0.15) is 18.5 Å². The molecule has 200 valence electrons. The number of hydrogen-bond acceptors (Lipinski definition) is 5. The number of halogens is 2. The summed E-state index contributed by atoms with van der Waals surface area (Å²) >= 11 is 0. The molecule has 3 aliphatic rings. The summed E-state index contributed by atoms with van der Waals surface area (Å²) in [4.78, 5) is 8.81. The highest BCUT2D eigenvalue weighted by atomic mass is 19.3. The number of rotatable bonds is 6. The van der Waals surface area contributed by atoms with Gasteiger partial charge in [-0.25, -0.2) is 8.78 Å². The van der Waals surface area contributed by atoms with Crippen molar-refractivity contribution in [1.82, 2.24) is 14.8 Å². The monoisotopic (exact) mass is 531 g/mol. The predicted molar refractivity (Wildman–Crippen MR) is 146 cm³/mol. The van der Waals surface area contributed by atoms with Gasteiger partial charge in [0.05, 0.1) is 26.1 Å². The van der Waals surface area contributed by atoms with E-state index < -0.39 is 23.9 Å². The van der Waals surface area contributed by atoms with E-state index >= 15 is 0 Å². The second-order valence-electron chi connectivity index (χ2n) is 10.8. The Labute approximate surface area is 229 Å². The zero-order valence-corrected chi connectivity index (χ0v) is 21.4. The van der Waals surface area contributed by atoms with Crippen molar-refractivity contribution in [3.8, 4) is 5.75 Å². The molecule has 0 amide bonds. The van der Waals surface area contributed by atoms with Gasteiger partial charge in [0.2, 0.25) is 0 Å². The van der Waals surface area contributed by atoms with Crippen LogP contribution in [0, 0.1) is 0 Å². The van der Waals surface area contributed by atoms with E-state index in [0.29, 0.717) is 23.2 Å². The maximum absolute atomic E-state index is 15.0. The number of benzene rings is 3. The van der Waals surface area contributed by atoms with Crippen LogP contribution in [0.3, 0.4) is 0 Å². The number of aliphatic hydroxyl groups excluding tert-OH is 1. The summed E-state index contributed by atoms with van der Waals surface area (Å²) in [7, 11) is 0. The van der Waals surface area contributed by atoms with Gasteiger partial charge in [-0.15, -0.1) is 0 Å². The molecule has 1 unspecified atom stereocenters. The summed E-state index contributed by atoms with van der Waals surface area (Å²) in [6, 6.07) is 20.5.